The summed E-state index contributed by atoms with van der Waals surface area (Å²) in [7, 11) is 1.92. The quantitative estimate of drug-likeness (QED) is 0.821. The summed E-state index contributed by atoms with van der Waals surface area (Å²) in [6, 6.07) is 9.71. The SMILES string of the molecule is CNCCc1ccccc1C(=O)c1ccsc1. The normalized spacial score (nSPS) is 10.4. The molecule has 17 heavy (non-hydrogen) atoms. The van der Waals surface area contributed by atoms with Crippen LogP contribution in [0, 0.1) is 0 Å². The molecule has 0 radical (unpaired) electrons. The fraction of sp³-hybridized carbons (Fsp3) is 0.214. The number of carbonyl (C=O) groups is 1. The molecule has 1 heterocycles. The summed E-state index contributed by atoms with van der Waals surface area (Å²) in [6.45, 7) is 0.883. The highest BCUT2D eigenvalue weighted by Gasteiger charge is 2.12. The zero-order valence-electron chi connectivity index (χ0n) is 9.77. The average Bonchev–Trinajstić information content (AvgIpc) is 2.89. The van der Waals surface area contributed by atoms with E-state index in [1.165, 1.54) is 0 Å². The van der Waals surface area contributed by atoms with E-state index in [0.717, 1.165) is 29.7 Å². The van der Waals surface area contributed by atoms with Gasteiger partial charge in [0.2, 0.25) is 0 Å². The van der Waals surface area contributed by atoms with Gasteiger partial charge in [0.15, 0.2) is 5.78 Å². The predicted molar refractivity (Wildman–Crippen MR) is 71.8 cm³/mol. The fourth-order valence-corrected chi connectivity index (χ4v) is 2.40. The van der Waals surface area contributed by atoms with Crippen LogP contribution in [0.2, 0.25) is 0 Å². The van der Waals surface area contributed by atoms with Gasteiger partial charge < -0.3 is 5.32 Å². The van der Waals surface area contributed by atoms with E-state index in [1.807, 2.05) is 48.1 Å². The first kappa shape index (κ1) is 12.0. The van der Waals surface area contributed by atoms with Gasteiger partial charge in [-0.15, -0.1) is 0 Å². The summed E-state index contributed by atoms with van der Waals surface area (Å²) in [5.41, 5.74) is 2.71. The van der Waals surface area contributed by atoms with Gasteiger partial charge in [-0.1, -0.05) is 24.3 Å². The van der Waals surface area contributed by atoms with E-state index in [2.05, 4.69) is 5.32 Å². The van der Waals surface area contributed by atoms with Crippen LogP contribution in [0.25, 0.3) is 0 Å². The molecule has 88 valence electrons. The highest BCUT2D eigenvalue weighted by molar-refractivity contribution is 7.08. The second kappa shape index (κ2) is 5.75. The van der Waals surface area contributed by atoms with Gasteiger partial charge in [0.05, 0.1) is 0 Å². The predicted octanol–water partition coefficient (Wildman–Crippen LogP) is 2.74. The van der Waals surface area contributed by atoms with E-state index in [4.69, 9.17) is 0 Å². The molecule has 2 nitrogen and oxygen atoms in total. The van der Waals surface area contributed by atoms with Gasteiger partial charge in [0, 0.05) is 16.5 Å². The third-order valence-electron chi connectivity index (χ3n) is 2.69. The molecule has 0 bridgehead atoms. The first-order chi connectivity index (χ1) is 8.33. The van der Waals surface area contributed by atoms with Gasteiger partial charge in [0.1, 0.15) is 0 Å². The van der Waals surface area contributed by atoms with Crippen LogP contribution in [0.3, 0.4) is 0 Å². The number of hydrogen-bond donors (Lipinski definition) is 1. The topological polar surface area (TPSA) is 29.1 Å². The summed E-state index contributed by atoms with van der Waals surface area (Å²) in [5, 5.41) is 6.94. The molecule has 0 unspecified atom stereocenters. The van der Waals surface area contributed by atoms with E-state index in [0.29, 0.717) is 0 Å². The molecular formula is C14H15NOS. The second-order valence-electron chi connectivity index (χ2n) is 3.85. The van der Waals surface area contributed by atoms with Crippen LogP contribution in [-0.2, 0) is 6.42 Å². The Labute approximate surface area is 105 Å². The molecule has 1 N–H and O–H groups in total. The van der Waals surface area contributed by atoms with E-state index >= 15 is 0 Å². The van der Waals surface area contributed by atoms with Crippen molar-refractivity contribution in [3.8, 4) is 0 Å². The van der Waals surface area contributed by atoms with Gasteiger partial charge in [-0.2, -0.15) is 11.3 Å². The molecule has 0 aliphatic rings. The van der Waals surface area contributed by atoms with Crippen LogP contribution < -0.4 is 5.32 Å². The molecular weight excluding hydrogens is 230 g/mol. The molecule has 0 saturated heterocycles. The lowest BCUT2D eigenvalue weighted by atomic mass is 9.98. The molecule has 3 heteroatoms. The van der Waals surface area contributed by atoms with Crippen molar-refractivity contribution < 1.29 is 4.79 Å². The zero-order valence-corrected chi connectivity index (χ0v) is 10.6. The van der Waals surface area contributed by atoms with Crippen LogP contribution in [0.5, 0.6) is 0 Å². The van der Waals surface area contributed by atoms with Crippen LogP contribution in [0.1, 0.15) is 21.5 Å². The van der Waals surface area contributed by atoms with Gasteiger partial charge in [-0.05, 0) is 37.0 Å². The summed E-state index contributed by atoms with van der Waals surface area (Å²) in [6.07, 6.45) is 0.878. The minimum Gasteiger partial charge on any atom is -0.319 e. The molecule has 0 atom stereocenters. The Morgan fingerprint density at radius 3 is 2.82 bits per heavy atom. The fourth-order valence-electron chi connectivity index (χ4n) is 1.77. The Bertz CT molecular complexity index is 491. The van der Waals surface area contributed by atoms with E-state index in [-0.39, 0.29) is 5.78 Å². The van der Waals surface area contributed by atoms with Crippen LogP contribution in [-0.4, -0.2) is 19.4 Å². The van der Waals surface area contributed by atoms with Crippen molar-refractivity contribution in [2.24, 2.45) is 0 Å². The van der Waals surface area contributed by atoms with Crippen molar-refractivity contribution in [1.82, 2.24) is 5.32 Å². The molecule has 0 spiro atoms. The summed E-state index contributed by atoms with van der Waals surface area (Å²) >= 11 is 1.55. The maximum absolute atomic E-state index is 12.3. The lowest BCUT2D eigenvalue weighted by Gasteiger charge is -2.07. The Balaban J connectivity index is 2.28. The highest BCUT2D eigenvalue weighted by atomic mass is 32.1. The summed E-state index contributed by atoms with van der Waals surface area (Å²) in [4.78, 5) is 12.3. The molecule has 0 amide bonds. The third kappa shape index (κ3) is 2.81. The van der Waals surface area contributed by atoms with Crippen molar-refractivity contribution in [1.29, 1.82) is 0 Å². The monoisotopic (exact) mass is 245 g/mol. The number of carbonyl (C=O) groups excluding carboxylic acids is 1. The van der Waals surface area contributed by atoms with Gasteiger partial charge in [0.25, 0.3) is 0 Å². The average molecular weight is 245 g/mol. The first-order valence-electron chi connectivity index (χ1n) is 5.62. The molecule has 1 aromatic heterocycles. The van der Waals surface area contributed by atoms with Crippen LogP contribution in [0.15, 0.2) is 41.1 Å². The Morgan fingerprint density at radius 2 is 2.12 bits per heavy atom. The van der Waals surface area contributed by atoms with E-state index < -0.39 is 0 Å². The zero-order chi connectivity index (χ0) is 12.1. The van der Waals surface area contributed by atoms with Gasteiger partial charge in [-0.25, -0.2) is 0 Å². The van der Waals surface area contributed by atoms with E-state index in [1.54, 1.807) is 11.3 Å². The maximum atomic E-state index is 12.3. The molecule has 0 saturated carbocycles. The van der Waals surface area contributed by atoms with Crippen molar-refractivity contribution >= 4 is 17.1 Å². The van der Waals surface area contributed by atoms with Crippen LogP contribution >= 0.6 is 11.3 Å². The number of ketones is 1. The number of hydrogen-bond acceptors (Lipinski definition) is 3. The molecule has 0 aliphatic carbocycles. The number of rotatable bonds is 5. The number of likely N-dealkylation sites (N-methyl/N-ethyl adjacent to an activating group) is 1. The van der Waals surface area contributed by atoms with Gasteiger partial charge >= 0.3 is 0 Å². The maximum Gasteiger partial charge on any atom is 0.194 e. The minimum absolute atomic E-state index is 0.123. The van der Waals surface area contributed by atoms with E-state index in [9.17, 15) is 4.79 Å². The molecule has 0 fully saturated rings. The van der Waals surface area contributed by atoms with Crippen LogP contribution in [0.4, 0.5) is 0 Å². The smallest absolute Gasteiger partial charge is 0.194 e. The summed E-state index contributed by atoms with van der Waals surface area (Å²) < 4.78 is 0. The Morgan fingerprint density at radius 1 is 1.29 bits per heavy atom. The highest BCUT2D eigenvalue weighted by Crippen LogP contribution is 2.17. The molecule has 1 aromatic carbocycles. The molecule has 2 rings (SSSR count). The number of thiophene rings is 1. The molecule has 2 aromatic rings. The Kier molecular flexibility index (Phi) is 4.07. The standard InChI is InChI=1S/C14H15NOS/c1-15-8-6-11-4-2-3-5-13(11)14(16)12-7-9-17-10-12/h2-5,7,9-10,15H,6,8H2,1H3. The number of nitrogens with one attached hydrogen (secondary N) is 1. The lowest BCUT2D eigenvalue weighted by molar-refractivity contribution is 0.103. The minimum atomic E-state index is 0.123. The van der Waals surface area contributed by atoms with Crippen molar-refractivity contribution in [3.63, 3.8) is 0 Å². The van der Waals surface area contributed by atoms with Crippen molar-refractivity contribution in [3.05, 3.63) is 57.8 Å². The number of benzene rings is 1. The summed E-state index contributed by atoms with van der Waals surface area (Å²) in [5.74, 6) is 0.123. The largest absolute Gasteiger partial charge is 0.319 e. The van der Waals surface area contributed by atoms with Gasteiger partial charge in [-0.3, -0.25) is 4.79 Å². The first-order valence-corrected chi connectivity index (χ1v) is 6.56. The lowest BCUT2D eigenvalue weighted by Crippen LogP contribution is -2.13. The third-order valence-corrected chi connectivity index (χ3v) is 3.37. The van der Waals surface area contributed by atoms with Crippen molar-refractivity contribution in [2.45, 2.75) is 6.42 Å². The molecule has 0 aliphatic heterocycles. The Hall–Kier alpha value is -1.45. The van der Waals surface area contributed by atoms with Crippen molar-refractivity contribution in [2.75, 3.05) is 13.6 Å². The second-order valence-corrected chi connectivity index (χ2v) is 4.63.